The average molecular weight is 707 g/mol. The highest BCUT2D eigenvalue weighted by atomic mass is 16.7. The summed E-state index contributed by atoms with van der Waals surface area (Å²) in [5.41, 5.74) is 0.725. The predicted molar refractivity (Wildman–Crippen MR) is 169 cm³/mol. The summed E-state index contributed by atoms with van der Waals surface area (Å²) in [7, 11) is 0. The lowest BCUT2D eigenvalue weighted by Crippen LogP contribution is -2.32. The summed E-state index contributed by atoms with van der Waals surface area (Å²) >= 11 is 0. The summed E-state index contributed by atoms with van der Waals surface area (Å²) in [6.07, 6.45) is 2.87. The third-order valence-corrected chi connectivity index (χ3v) is 6.27. The Kier molecular flexibility index (Phi) is 26.2. The van der Waals surface area contributed by atoms with Crippen LogP contribution in [0.2, 0.25) is 0 Å². The number of hydrogen-bond acceptors (Lipinski definition) is 16. The summed E-state index contributed by atoms with van der Waals surface area (Å²) in [5, 5.41) is 8.69. The first-order valence-electron chi connectivity index (χ1n) is 16.8. The van der Waals surface area contributed by atoms with Gasteiger partial charge in [-0.15, -0.1) is 10.2 Å². The molecule has 0 aliphatic carbocycles. The highest BCUT2D eigenvalue weighted by Gasteiger charge is 2.32. The molecule has 0 aromatic carbocycles. The maximum absolute atomic E-state index is 11.7. The quantitative estimate of drug-likeness (QED) is 0.0695. The number of hydroxylamine groups is 2. The number of nitrogens with zero attached hydrogens (tertiary/aromatic N) is 4. The van der Waals surface area contributed by atoms with Crippen molar-refractivity contribution in [3.8, 4) is 0 Å². The van der Waals surface area contributed by atoms with Crippen LogP contribution in [0.25, 0.3) is 0 Å². The molecule has 1 aliphatic rings. The molecule has 0 bridgehead atoms. The molecule has 1 aliphatic heterocycles. The van der Waals surface area contributed by atoms with Crippen LogP contribution < -0.4 is 0 Å². The maximum Gasteiger partial charge on any atom is 0.335 e. The van der Waals surface area contributed by atoms with Gasteiger partial charge in [0.2, 0.25) is 0 Å². The molecule has 0 atom stereocenters. The van der Waals surface area contributed by atoms with Crippen molar-refractivity contribution in [1.82, 2.24) is 20.1 Å². The molecule has 1 saturated heterocycles. The first-order chi connectivity index (χ1) is 24.1. The second kappa shape index (κ2) is 30.2. The van der Waals surface area contributed by atoms with E-state index in [0.717, 1.165) is 18.7 Å². The van der Waals surface area contributed by atoms with Crippen molar-refractivity contribution in [2.24, 2.45) is 0 Å². The highest BCUT2D eigenvalue weighted by molar-refractivity contribution is 6.01. The Hall–Kier alpha value is -2.65. The number of imide groups is 1. The fourth-order valence-electron chi connectivity index (χ4n) is 3.82. The zero-order valence-electron chi connectivity index (χ0n) is 28.8. The van der Waals surface area contributed by atoms with E-state index in [4.69, 9.17) is 52.2 Å². The Morgan fingerprint density at radius 2 is 1.00 bits per heavy atom. The van der Waals surface area contributed by atoms with Gasteiger partial charge in [0.25, 0.3) is 11.8 Å². The minimum Gasteiger partial charge on any atom is -0.379 e. The van der Waals surface area contributed by atoms with E-state index in [9.17, 15) is 14.4 Å². The molecule has 0 saturated carbocycles. The van der Waals surface area contributed by atoms with Crippen LogP contribution in [0.5, 0.6) is 0 Å². The molecule has 1 fully saturated rings. The van der Waals surface area contributed by atoms with Crippen LogP contribution in [-0.4, -0.2) is 163 Å². The van der Waals surface area contributed by atoms with Gasteiger partial charge in [0.1, 0.15) is 5.69 Å². The van der Waals surface area contributed by atoms with Crippen molar-refractivity contribution in [3.63, 3.8) is 0 Å². The summed E-state index contributed by atoms with van der Waals surface area (Å²) in [6.45, 7) is 11.7. The fourth-order valence-corrected chi connectivity index (χ4v) is 3.82. The molecule has 1 aromatic rings. The molecule has 2 amide bonds. The van der Waals surface area contributed by atoms with Crippen LogP contribution >= 0.6 is 0 Å². The number of rotatable bonds is 35. The van der Waals surface area contributed by atoms with Crippen LogP contribution in [0.1, 0.15) is 38.3 Å². The van der Waals surface area contributed by atoms with Crippen molar-refractivity contribution < 1.29 is 66.6 Å². The van der Waals surface area contributed by atoms with Crippen molar-refractivity contribution in [1.29, 1.82) is 0 Å². The van der Waals surface area contributed by atoms with Crippen molar-refractivity contribution >= 4 is 17.8 Å². The molecular weight excluding hydrogens is 652 g/mol. The van der Waals surface area contributed by atoms with Crippen molar-refractivity contribution in [2.45, 2.75) is 45.8 Å². The smallest absolute Gasteiger partial charge is 0.335 e. The van der Waals surface area contributed by atoms with Crippen molar-refractivity contribution in [3.05, 3.63) is 11.9 Å². The summed E-state index contributed by atoms with van der Waals surface area (Å²) in [6, 6.07) is 0. The van der Waals surface area contributed by atoms with E-state index in [1.165, 1.54) is 0 Å². The Morgan fingerprint density at radius 1 is 0.592 bits per heavy atom. The number of carbonyl (C=O) groups is 3. The van der Waals surface area contributed by atoms with Gasteiger partial charge < -0.3 is 52.2 Å². The topological polar surface area (TPSA) is 187 Å². The summed E-state index contributed by atoms with van der Waals surface area (Å²) < 4.78 is 56.2. The number of carbonyl (C=O) groups excluding carboxylic acids is 3. The zero-order chi connectivity index (χ0) is 35.0. The Morgan fingerprint density at radius 3 is 1.47 bits per heavy atom. The van der Waals surface area contributed by atoms with Gasteiger partial charge in [-0.05, 0) is 6.42 Å². The number of ether oxygens (including phenoxy) is 10. The van der Waals surface area contributed by atoms with Gasteiger partial charge in [-0.25, -0.2) is 9.48 Å². The molecule has 2 rings (SSSR count). The highest BCUT2D eigenvalue weighted by Crippen LogP contribution is 2.12. The molecule has 2 heterocycles. The number of hydrogen-bond donors (Lipinski definition) is 0. The van der Waals surface area contributed by atoms with Gasteiger partial charge in [0.15, 0.2) is 0 Å². The summed E-state index contributed by atoms with van der Waals surface area (Å²) in [4.78, 5) is 39.2. The van der Waals surface area contributed by atoms with E-state index in [1.54, 1.807) is 4.68 Å². The second-order valence-corrected chi connectivity index (χ2v) is 10.3. The Bertz CT molecular complexity index is 970. The molecule has 49 heavy (non-hydrogen) atoms. The van der Waals surface area contributed by atoms with Crippen LogP contribution in [0.3, 0.4) is 0 Å². The summed E-state index contributed by atoms with van der Waals surface area (Å²) in [5.74, 6) is -1.72. The number of amides is 2. The first-order valence-corrected chi connectivity index (χ1v) is 16.8. The van der Waals surface area contributed by atoms with E-state index in [-0.39, 0.29) is 32.5 Å². The van der Waals surface area contributed by atoms with Gasteiger partial charge >= 0.3 is 5.97 Å². The van der Waals surface area contributed by atoms with E-state index in [0.29, 0.717) is 124 Å². The van der Waals surface area contributed by atoms with Gasteiger partial charge in [-0.1, -0.05) is 12.1 Å². The molecule has 0 N–H and O–H groups in total. The lowest BCUT2D eigenvalue weighted by Gasteiger charge is -2.12. The lowest BCUT2D eigenvalue weighted by atomic mass is 10.4. The third kappa shape index (κ3) is 23.4. The van der Waals surface area contributed by atoms with Crippen LogP contribution in [0, 0.1) is 0 Å². The van der Waals surface area contributed by atoms with Gasteiger partial charge in [-0.2, -0.15) is 0 Å². The van der Waals surface area contributed by atoms with Crippen LogP contribution in [0.4, 0.5) is 0 Å². The van der Waals surface area contributed by atoms with Gasteiger partial charge in [0.05, 0.1) is 145 Å². The number of aromatic nitrogens is 3. The zero-order valence-corrected chi connectivity index (χ0v) is 28.8. The second-order valence-electron chi connectivity index (χ2n) is 10.3. The van der Waals surface area contributed by atoms with E-state index in [2.05, 4.69) is 17.2 Å². The Labute approximate surface area is 287 Å². The van der Waals surface area contributed by atoms with E-state index in [1.807, 2.05) is 6.20 Å². The molecule has 1 aromatic heterocycles. The normalized spacial score (nSPS) is 13.2. The van der Waals surface area contributed by atoms with Gasteiger partial charge in [0, 0.05) is 19.4 Å². The molecule has 0 unspecified atom stereocenters. The van der Waals surface area contributed by atoms with Crippen LogP contribution in [0.15, 0.2) is 6.20 Å². The SMILES string of the molecule is CCCOCCOCCOCCOCCOCCOCc1cn(CCOCCOCCOCCOCCC(=O)ON2C(=O)CCC2=O)nn1. The first kappa shape index (κ1) is 42.5. The Balaban J connectivity index is 1.26. The molecule has 18 nitrogen and oxygen atoms in total. The average Bonchev–Trinajstić information content (AvgIpc) is 3.69. The van der Waals surface area contributed by atoms with E-state index < -0.39 is 17.8 Å². The predicted octanol–water partition coefficient (Wildman–Crippen LogP) is 0.351. The third-order valence-electron chi connectivity index (χ3n) is 6.27. The molecule has 0 radical (unpaired) electrons. The monoisotopic (exact) mass is 706 g/mol. The maximum atomic E-state index is 11.7. The van der Waals surface area contributed by atoms with Gasteiger partial charge in [-0.3, -0.25) is 9.59 Å². The largest absolute Gasteiger partial charge is 0.379 e. The molecule has 282 valence electrons. The molecular formula is C31H54N4O14. The lowest BCUT2D eigenvalue weighted by molar-refractivity contribution is -0.198. The minimum absolute atomic E-state index is 0.0574. The standard InChI is InChI=1S/C31H54N4O14/c1-2-7-39-10-13-42-16-19-45-20-21-46-22-23-47-24-25-48-27-28-26-34(33-32-28)6-9-41-12-15-44-18-17-43-14-11-40-8-5-31(38)49-35-29(36)3-4-30(35)37/h26H,2-25,27H2,1H3. The molecule has 0 spiro atoms. The fraction of sp³-hybridized carbons (Fsp3) is 0.839. The van der Waals surface area contributed by atoms with Crippen molar-refractivity contribution in [2.75, 3.05) is 126 Å². The van der Waals surface area contributed by atoms with Crippen LogP contribution in [-0.2, 0) is 79.7 Å². The van der Waals surface area contributed by atoms with E-state index >= 15 is 0 Å². The molecule has 18 heteroatoms. The minimum atomic E-state index is -0.701.